The topological polar surface area (TPSA) is 104 Å². The van der Waals surface area contributed by atoms with Crippen molar-refractivity contribution in [3.05, 3.63) is 59.1 Å². The number of hydrogen-bond donors (Lipinski definition) is 1. The van der Waals surface area contributed by atoms with Crippen molar-refractivity contribution in [2.24, 2.45) is 0 Å². The van der Waals surface area contributed by atoms with Crippen LogP contribution < -0.4 is 14.8 Å². The largest absolute Gasteiger partial charge is 0.493 e. The van der Waals surface area contributed by atoms with Crippen molar-refractivity contribution in [2.75, 3.05) is 34.4 Å². The van der Waals surface area contributed by atoms with Crippen LogP contribution in [-0.2, 0) is 37.4 Å². The number of methoxy groups -OCH3 is 3. The van der Waals surface area contributed by atoms with E-state index in [4.69, 9.17) is 18.6 Å². The third-order valence-corrected chi connectivity index (χ3v) is 5.65. The molecule has 1 aliphatic rings. The minimum absolute atomic E-state index is 0.246. The summed E-state index contributed by atoms with van der Waals surface area (Å²) in [4.78, 5) is 14.8. The van der Waals surface area contributed by atoms with Gasteiger partial charge in [0.2, 0.25) is 0 Å². The van der Waals surface area contributed by atoms with E-state index in [0.29, 0.717) is 12.4 Å². The fraction of sp³-hybridized carbons (Fsp3) is 0.435. The highest BCUT2D eigenvalue weighted by Crippen LogP contribution is 2.31. The molecule has 1 N–H and O–H groups in total. The number of nitrogens with one attached hydrogen (secondary N) is 1. The molecule has 33 heavy (non-hydrogen) atoms. The van der Waals surface area contributed by atoms with Gasteiger partial charge in [-0.3, -0.25) is 9.69 Å². The summed E-state index contributed by atoms with van der Waals surface area (Å²) in [6.07, 6.45) is 0.770. The maximum Gasteiger partial charge on any atom is 0.287 e. The van der Waals surface area contributed by atoms with Gasteiger partial charge in [-0.15, -0.1) is 10.2 Å². The number of benzene rings is 1. The molecule has 10 heteroatoms. The van der Waals surface area contributed by atoms with Crippen LogP contribution in [0.4, 0.5) is 0 Å². The molecule has 0 radical (unpaired) electrons. The highest BCUT2D eigenvalue weighted by molar-refractivity contribution is 5.91. The Morgan fingerprint density at radius 2 is 1.97 bits per heavy atom. The first-order valence-electron chi connectivity index (χ1n) is 10.8. The number of fused-ring (bicyclic) bond motifs is 1. The second kappa shape index (κ2) is 10.5. The lowest BCUT2D eigenvalue weighted by Gasteiger charge is -2.21. The summed E-state index contributed by atoms with van der Waals surface area (Å²) in [5.41, 5.74) is 1.08. The standard InChI is InChI=1S/C23H29N5O5/c1-30-15-17-7-8-19(33-17)23(29)24-13-21-26-25-20-9-10-27(11-12-28(20)21)14-16-5-4-6-18(31-2)22(16)32-3/h4-8H,9-15H2,1-3H3,(H,24,29). The molecular weight excluding hydrogens is 426 g/mol. The van der Waals surface area contributed by atoms with Gasteiger partial charge in [0.05, 0.1) is 20.8 Å². The lowest BCUT2D eigenvalue weighted by atomic mass is 10.1. The number of aromatic nitrogens is 3. The van der Waals surface area contributed by atoms with Crippen molar-refractivity contribution in [3.8, 4) is 11.5 Å². The molecule has 0 saturated carbocycles. The molecule has 3 heterocycles. The van der Waals surface area contributed by atoms with Crippen LogP contribution in [0, 0.1) is 0 Å². The second-order valence-electron chi connectivity index (χ2n) is 7.74. The van der Waals surface area contributed by atoms with Crippen LogP contribution in [0.15, 0.2) is 34.7 Å². The van der Waals surface area contributed by atoms with Crippen LogP contribution >= 0.6 is 0 Å². The monoisotopic (exact) mass is 455 g/mol. The van der Waals surface area contributed by atoms with Crippen LogP contribution in [0.1, 0.15) is 33.5 Å². The van der Waals surface area contributed by atoms with Crippen LogP contribution in [0.5, 0.6) is 11.5 Å². The van der Waals surface area contributed by atoms with E-state index in [0.717, 1.165) is 61.3 Å². The van der Waals surface area contributed by atoms with Gasteiger partial charge >= 0.3 is 0 Å². The Bertz CT molecular complexity index is 1090. The number of ether oxygens (including phenoxy) is 3. The van der Waals surface area contributed by atoms with E-state index < -0.39 is 0 Å². The van der Waals surface area contributed by atoms with Crippen LogP contribution in [0.2, 0.25) is 0 Å². The van der Waals surface area contributed by atoms with Crippen molar-refractivity contribution in [1.29, 1.82) is 0 Å². The Hall–Kier alpha value is -3.37. The third-order valence-electron chi connectivity index (χ3n) is 5.65. The Morgan fingerprint density at radius 3 is 2.76 bits per heavy atom. The van der Waals surface area contributed by atoms with E-state index in [9.17, 15) is 4.79 Å². The van der Waals surface area contributed by atoms with Gasteiger partial charge in [-0.05, 0) is 18.2 Å². The SMILES string of the molecule is COCc1ccc(C(=O)NCc2nnc3n2CCN(Cc2cccc(OC)c2OC)CC3)o1. The molecule has 176 valence electrons. The Morgan fingerprint density at radius 1 is 1.09 bits per heavy atom. The van der Waals surface area contributed by atoms with Crippen LogP contribution in [-0.4, -0.2) is 60.0 Å². The molecule has 0 saturated heterocycles. The molecule has 0 unspecified atom stereocenters. The zero-order chi connectivity index (χ0) is 23.2. The number of rotatable bonds is 9. The van der Waals surface area contributed by atoms with Gasteiger partial charge in [-0.2, -0.15) is 0 Å². The molecular formula is C23H29N5O5. The summed E-state index contributed by atoms with van der Waals surface area (Å²) >= 11 is 0. The number of furan rings is 1. The molecule has 1 aromatic carbocycles. The minimum Gasteiger partial charge on any atom is -0.493 e. The fourth-order valence-corrected chi connectivity index (χ4v) is 4.00. The van der Waals surface area contributed by atoms with E-state index >= 15 is 0 Å². The predicted octanol–water partition coefficient (Wildman–Crippen LogP) is 2.02. The highest BCUT2D eigenvalue weighted by Gasteiger charge is 2.21. The number of nitrogens with zero attached hydrogens (tertiary/aromatic N) is 4. The normalized spacial score (nSPS) is 13.9. The first-order valence-corrected chi connectivity index (χ1v) is 10.8. The molecule has 0 atom stereocenters. The molecule has 0 spiro atoms. The Balaban J connectivity index is 1.37. The van der Waals surface area contributed by atoms with Crippen molar-refractivity contribution in [1.82, 2.24) is 25.0 Å². The van der Waals surface area contributed by atoms with E-state index in [1.807, 2.05) is 12.1 Å². The summed E-state index contributed by atoms with van der Waals surface area (Å²) in [7, 11) is 4.88. The Kier molecular flexibility index (Phi) is 7.26. The van der Waals surface area contributed by atoms with Crippen molar-refractivity contribution < 1.29 is 23.4 Å². The van der Waals surface area contributed by atoms with Gasteiger partial charge in [-0.1, -0.05) is 12.1 Å². The van der Waals surface area contributed by atoms with Gasteiger partial charge in [0, 0.05) is 45.3 Å². The lowest BCUT2D eigenvalue weighted by Crippen LogP contribution is -2.28. The smallest absolute Gasteiger partial charge is 0.287 e. The summed E-state index contributed by atoms with van der Waals surface area (Å²) in [6.45, 7) is 3.75. The summed E-state index contributed by atoms with van der Waals surface area (Å²) in [5.74, 6) is 3.69. The molecule has 0 aliphatic carbocycles. The van der Waals surface area contributed by atoms with Gasteiger partial charge in [0.1, 0.15) is 18.2 Å². The van der Waals surface area contributed by atoms with Crippen molar-refractivity contribution in [3.63, 3.8) is 0 Å². The summed E-state index contributed by atoms with van der Waals surface area (Å²) < 4.78 is 23.6. The lowest BCUT2D eigenvalue weighted by molar-refractivity contribution is 0.0913. The quantitative estimate of drug-likeness (QED) is 0.523. The van der Waals surface area contributed by atoms with E-state index in [2.05, 4.69) is 31.0 Å². The zero-order valence-corrected chi connectivity index (χ0v) is 19.2. The molecule has 3 aromatic rings. The molecule has 1 aliphatic heterocycles. The number of para-hydroxylation sites is 1. The van der Waals surface area contributed by atoms with E-state index in [1.54, 1.807) is 33.5 Å². The van der Waals surface area contributed by atoms with Gasteiger partial charge < -0.3 is 28.5 Å². The fourth-order valence-electron chi connectivity index (χ4n) is 4.00. The third kappa shape index (κ3) is 5.18. The van der Waals surface area contributed by atoms with Gasteiger partial charge in [0.15, 0.2) is 23.1 Å². The van der Waals surface area contributed by atoms with Crippen molar-refractivity contribution >= 4 is 5.91 Å². The molecule has 0 fully saturated rings. The first-order chi connectivity index (χ1) is 16.1. The number of carbonyl (C=O) groups is 1. The van der Waals surface area contributed by atoms with Gasteiger partial charge in [-0.25, -0.2) is 0 Å². The zero-order valence-electron chi connectivity index (χ0n) is 19.2. The maximum absolute atomic E-state index is 12.4. The summed E-state index contributed by atoms with van der Waals surface area (Å²) in [6, 6.07) is 9.29. The molecule has 1 amide bonds. The van der Waals surface area contributed by atoms with E-state index in [-0.39, 0.29) is 18.2 Å². The average molecular weight is 456 g/mol. The van der Waals surface area contributed by atoms with Crippen LogP contribution in [0.25, 0.3) is 0 Å². The van der Waals surface area contributed by atoms with Crippen LogP contribution in [0.3, 0.4) is 0 Å². The molecule has 10 nitrogen and oxygen atoms in total. The second-order valence-corrected chi connectivity index (χ2v) is 7.74. The maximum atomic E-state index is 12.4. The highest BCUT2D eigenvalue weighted by atomic mass is 16.5. The van der Waals surface area contributed by atoms with E-state index in [1.165, 1.54) is 0 Å². The number of amides is 1. The average Bonchev–Trinajstić information content (AvgIpc) is 3.41. The number of hydrogen-bond acceptors (Lipinski definition) is 8. The van der Waals surface area contributed by atoms with Gasteiger partial charge in [0.25, 0.3) is 5.91 Å². The number of carbonyl (C=O) groups excluding carboxylic acids is 1. The molecule has 2 aromatic heterocycles. The first kappa shape index (κ1) is 22.8. The minimum atomic E-state index is -0.296. The summed E-state index contributed by atoms with van der Waals surface area (Å²) in [5, 5.41) is 11.5. The predicted molar refractivity (Wildman–Crippen MR) is 119 cm³/mol. The van der Waals surface area contributed by atoms with Crippen molar-refractivity contribution in [2.45, 2.75) is 32.7 Å². The molecule has 0 bridgehead atoms. The molecule has 4 rings (SSSR count). The Labute approximate surface area is 192 Å².